The largest absolute Gasteiger partial charge is 0.469 e. The van der Waals surface area contributed by atoms with Crippen molar-refractivity contribution in [3.63, 3.8) is 0 Å². The summed E-state index contributed by atoms with van der Waals surface area (Å²) in [6.07, 6.45) is 5.07. The van der Waals surface area contributed by atoms with Crippen LogP contribution in [0, 0.1) is 5.92 Å². The molecule has 0 radical (unpaired) electrons. The van der Waals surface area contributed by atoms with Gasteiger partial charge in [0.05, 0.1) is 24.7 Å². The predicted molar refractivity (Wildman–Crippen MR) is 191 cm³/mol. The summed E-state index contributed by atoms with van der Waals surface area (Å²) in [4.78, 5) is 90.0. The zero-order valence-electron chi connectivity index (χ0n) is 30.3. The molecule has 21 heteroatoms. The van der Waals surface area contributed by atoms with E-state index in [-0.39, 0.29) is 31.6 Å². The molecule has 10 N–H and O–H groups in total. The van der Waals surface area contributed by atoms with Gasteiger partial charge in [0.15, 0.2) is 0 Å². The molecule has 3 aromatic rings. The van der Waals surface area contributed by atoms with Crippen LogP contribution in [0.4, 0.5) is 0 Å². The van der Waals surface area contributed by atoms with Crippen molar-refractivity contribution in [3.05, 3.63) is 66.0 Å². The number of benzene rings is 1. The summed E-state index contributed by atoms with van der Waals surface area (Å²) >= 11 is 0. The van der Waals surface area contributed by atoms with Crippen LogP contribution in [-0.2, 0) is 58.9 Å². The quantitative estimate of drug-likeness (QED) is 0.0511. The first-order chi connectivity index (χ1) is 25.5. The molecule has 2 aromatic heterocycles. The van der Waals surface area contributed by atoms with Crippen molar-refractivity contribution in [1.29, 1.82) is 0 Å². The molecule has 3 rings (SSSR count). The second-order valence-corrected chi connectivity index (χ2v) is 14.3. The number of rotatable bonds is 23. The highest BCUT2D eigenvalue weighted by Gasteiger charge is 2.35. The maximum atomic E-state index is 13.6. The lowest BCUT2D eigenvalue weighted by molar-refractivity contribution is -0.135. The number of imidazole rings is 1. The van der Waals surface area contributed by atoms with Crippen molar-refractivity contribution >= 4 is 37.4 Å². The molecule has 296 valence electrons. The molecular formula is C33H49N10O10P. The molecule has 54 heavy (non-hydrogen) atoms. The number of amides is 5. The molecule has 1 aromatic carbocycles. The number of hydrogen-bond donors (Lipinski definition) is 9. The number of phosphoric ester groups is 1. The third kappa shape index (κ3) is 15.2. The molecule has 0 bridgehead atoms. The van der Waals surface area contributed by atoms with Gasteiger partial charge in [0.2, 0.25) is 29.5 Å². The fourth-order valence-corrected chi connectivity index (χ4v) is 5.93. The maximum Gasteiger partial charge on any atom is 0.469 e. The number of H-pyrrole nitrogens is 1. The number of aryl methyl sites for hydroxylation is 3. The molecule has 0 fully saturated rings. The molecule has 0 unspecified atom stereocenters. The minimum Gasteiger partial charge on any atom is -0.394 e. The number of aliphatic hydroxyl groups excluding tert-OH is 1. The van der Waals surface area contributed by atoms with Crippen molar-refractivity contribution < 1.29 is 48.0 Å². The van der Waals surface area contributed by atoms with E-state index in [1.165, 1.54) is 18.1 Å². The molecule has 0 saturated heterocycles. The molecule has 0 aliphatic rings. The summed E-state index contributed by atoms with van der Waals surface area (Å²) in [6.45, 7) is 4.46. The van der Waals surface area contributed by atoms with Gasteiger partial charge in [-0.15, -0.1) is 5.10 Å². The van der Waals surface area contributed by atoms with Crippen molar-refractivity contribution in [1.82, 2.24) is 46.2 Å². The Labute approximate surface area is 311 Å². The molecule has 20 nitrogen and oxygen atoms in total. The van der Waals surface area contributed by atoms with Gasteiger partial charge in [-0.3, -0.25) is 33.2 Å². The van der Waals surface area contributed by atoms with Gasteiger partial charge in [-0.2, -0.15) is 0 Å². The number of nitrogens with one attached hydrogen (secondary N) is 5. The Balaban J connectivity index is 1.63. The zero-order chi connectivity index (χ0) is 39.8. The summed E-state index contributed by atoms with van der Waals surface area (Å²) in [7, 11) is -5.08. The van der Waals surface area contributed by atoms with E-state index in [0.29, 0.717) is 17.9 Å². The highest BCUT2D eigenvalue weighted by atomic mass is 31.2. The number of nitrogens with two attached hydrogens (primary N) is 1. The topological polar surface area (TPSA) is 306 Å². The first-order valence-corrected chi connectivity index (χ1v) is 18.8. The molecule has 2 heterocycles. The Morgan fingerprint density at radius 1 is 0.944 bits per heavy atom. The third-order valence-electron chi connectivity index (χ3n) is 8.05. The Hall–Kier alpha value is -5.01. The summed E-state index contributed by atoms with van der Waals surface area (Å²) in [6, 6.07) is 4.21. The van der Waals surface area contributed by atoms with Crippen LogP contribution in [0.5, 0.6) is 0 Å². The maximum absolute atomic E-state index is 13.6. The second-order valence-electron chi connectivity index (χ2n) is 13.1. The number of carbonyl (C=O) groups is 5. The molecule has 0 aliphatic heterocycles. The van der Waals surface area contributed by atoms with Crippen LogP contribution in [0.3, 0.4) is 0 Å². The van der Waals surface area contributed by atoms with E-state index in [2.05, 4.69) is 58.2 Å². The fraction of sp³-hybridized carbons (Fsp3) is 0.515. The smallest absolute Gasteiger partial charge is 0.394 e. The van der Waals surface area contributed by atoms with Crippen molar-refractivity contribution in [2.24, 2.45) is 11.7 Å². The number of phosphoric acid groups is 1. The van der Waals surface area contributed by atoms with E-state index in [1.54, 1.807) is 10.9 Å². The third-order valence-corrected chi connectivity index (χ3v) is 8.66. The average Bonchev–Trinajstić information content (AvgIpc) is 3.79. The highest BCUT2D eigenvalue weighted by molar-refractivity contribution is 7.46. The van der Waals surface area contributed by atoms with Crippen molar-refractivity contribution in [2.75, 3.05) is 6.61 Å². The van der Waals surface area contributed by atoms with Crippen molar-refractivity contribution in [3.8, 4) is 0 Å². The van der Waals surface area contributed by atoms with E-state index >= 15 is 0 Å². The van der Waals surface area contributed by atoms with E-state index in [1.807, 2.05) is 32.0 Å². The number of aromatic nitrogens is 5. The molecule has 5 atom stereocenters. The SMILES string of the molecule is CC(C)C[C@H](NC(=O)CCc1cn(CCCc2ccccc2)nn1)C(=O)N[C@@H](Cc1cnc[nH]1)C(=O)N[C@@H](CO)C(=O)N[C@H](C(N)=O)[C@@H](C)OP(=O)(O)O. The van der Waals surface area contributed by atoms with Crippen LogP contribution in [0.25, 0.3) is 0 Å². The number of nitrogens with zero attached hydrogens (tertiary/aromatic N) is 4. The number of hydrogen-bond acceptors (Lipinski definition) is 11. The zero-order valence-corrected chi connectivity index (χ0v) is 31.1. The lowest BCUT2D eigenvalue weighted by Crippen LogP contribution is -2.60. The van der Waals surface area contributed by atoms with E-state index < -0.39 is 74.2 Å². The molecule has 0 spiro atoms. The Morgan fingerprint density at radius 2 is 1.61 bits per heavy atom. The van der Waals surface area contributed by atoms with Crippen LogP contribution in [0.1, 0.15) is 57.0 Å². The van der Waals surface area contributed by atoms with Crippen LogP contribution < -0.4 is 27.0 Å². The van der Waals surface area contributed by atoms with Crippen molar-refractivity contribution in [2.45, 2.75) is 96.1 Å². The van der Waals surface area contributed by atoms with Gasteiger partial charge in [-0.1, -0.05) is 49.4 Å². The normalized spacial score (nSPS) is 14.4. The molecule has 0 aliphatic carbocycles. The van der Waals surface area contributed by atoms with Crippen LogP contribution >= 0.6 is 7.82 Å². The predicted octanol–water partition coefficient (Wildman–Crippen LogP) is -1.23. The molecular weight excluding hydrogens is 727 g/mol. The fourth-order valence-electron chi connectivity index (χ4n) is 5.38. The lowest BCUT2D eigenvalue weighted by Gasteiger charge is -2.27. The number of primary amides is 1. The van der Waals surface area contributed by atoms with Gasteiger partial charge in [0, 0.05) is 43.9 Å². The van der Waals surface area contributed by atoms with Crippen LogP contribution in [0.15, 0.2) is 49.1 Å². The van der Waals surface area contributed by atoms with E-state index in [9.17, 15) is 33.6 Å². The van der Waals surface area contributed by atoms with Crippen LogP contribution in [0.2, 0.25) is 0 Å². The number of carbonyl (C=O) groups excluding carboxylic acids is 5. The monoisotopic (exact) mass is 776 g/mol. The molecule has 0 saturated carbocycles. The number of aliphatic hydroxyl groups is 1. The first-order valence-electron chi connectivity index (χ1n) is 17.3. The van der Waals surface area contributed by atoms with Gasteiger partial charge < -0.3 is 46.9 Å². The standard InChI is InChI=1S/C33H49N10O10P/c1-20(2)14-25(37-28(45)12-11-23-17-43(42-41-23)13-7-10-22-8-5-4-6-9-22)31(47)38-26(15-24-16-35-19-36-24)32(48)39-27(18-44)33(49)40-29(30(34)46)21(3)53-54(50,51)52/h4-6,8-9,16-17,19-21,25-27,29,44H,7,10-15,18H2,1-3H3,(H2,34,46)(H,35,36)(H,37,45)(H,38,47)(H,39,48)(H,40,49)(H2,50,51,52)/t21-,25+,26+,27+,29+/m1/s1. The Kier molecular flexibility index (Phi) is 16.9. The first kappa shape index (κ1) is 43.4. The lowest BCUT2D eigenvalue weighted by atomic mass is 10.0. The van der Waals surface area contributed by atoms with Crippen LogP contribution in [-0.4, -0.2) is 106 Å². The molecule has 5 amide bonds. The van der Waals surface area contributed by atoms with Gasteiger partial charge in [-0.05, 0) is 37.7 Å². The minimum atomic E-state index is -5.08. The summed E-state index contributed by atoms with van der Waals surface area (Å²) in [5.74, 6) is -4.45. The second kappa shape index (κ2) is 21.0. The minimum absolute atomic E-state index is 0.0139. The van der Waals surface area contributed by atoms with E-state index in [4.69, 9.17) is 15.5 Å². The van der Waals surface area contributed by atoms with Gasteiger partial charge in [0.1, 0.15) is 24.2 Å². The Bertz CT molecular complexity index is 1720. The van der Waals surface area contributed by atoms with Gasteiger partial charge in [-0.25, -0.2) is 9.55 Å². The van der Waals surface area contributed by atoms with E-state index in [0.717, 1.165) is 19.8 Å². The number of aromatic amines is 1. The van der Waals surface area contributed by atoms with Gasteiger partial charge >= 0.3 is 7.82 Å². The van der Waals surface area contributed by atoms with Gasteiger partial charge in [0.25, 0.3) is 0 Å². The average molecular weight is 777 g/mol. The summed E-state index contributed by atoms with van der Waals surface area (Å²) < 4.78 is 17.4. The Morgan fingerprint density at radius 3 is 2.22 bits per heavy atom. The summed E-state index contributed by atoms with van der Waals surface area (Å²) in [5, 5.41) is 28.0. The highest BCUT2D eigenvalue weighted by Crippen LogP contribution is 2.38. The summed E-state index contributed by atoms with van der Waals surface area (Å²) in [5.41, 5.74) is 7.54.